The molecule has 2 atom stereocenters. The molecule has 0 amide bonds. The van der Waals surface area contributed by atoms with Crippen molar-refractivity contribution in [2.45, 2.75) is 13.3 Å². The van der Waals surface area contributed by atoms with E-state index in [-0.39, 0.29) is 23.6 Å². The second-order valence-corrected chi connectivity index (χ2v) is 5.08. The van der Waals surface area contributed by atoms with Gasteiger partial charge in [-0.3, -0.25) is 9.59 Å². The number of carbonyl (C=O) groups is 2. The number of benzene rings is 1. The zero-order valence-corrected chi connectivity index (χ0v) is 13.0. The lowest BCUT2D eigenvalue weighted by atomic mass is 10.1. The molecular weight excluding hydrogens is 284 g/mol. The maximum Gasteiger partial charge on any atom is 0.309 e. The first-order valence-electron chi connectivity index (χ1n) is 7.20. The monoisotopic (exact) mass is 304 g/mol. The van der Waals surface area contributed by atoms with Gasteiger partial charge in [0.1, 0.15) is 11.5 Å². The average molecular weight is 304 g/mol. The number of carbonyl (C=O) groups excluding carboxylic acids is 2. The fourth-order valence-corrected chi connectivity index (χ4v) is 2.25. The molecule has 0 aliphatic heterocycles. The van der Waals surface area contributed by atoms with Crippen molar-refractivity contribution in [3.05, 3.63) is 29.8 Å². The highest BCUT2D eigenvalue weighted by atomic mass is 16.5. The Morgan fingerprint density at radius 1 is 1.14 bits per heavy atom. The summed E-state index contributed by atoms with van der Waals surface area (Å²) in [5.41, 5.74) is 0.804. The molecule has 1 aliphatic carbocycles. The minimum atomic E-state index is -0.281. The van der Waals surface area contributed by atoms with Gasteiger partial charge in [0.2, 0.25) is 0 Å². The molecule has 1 aromatic carbocycles. The fourth-order valence-electron chi connectivity index (χ4n) is 2.25. The number of hydrogen-bond donors (Lipinski definition) is 0. The number of allylic oxidation sites excluding steroid dienone is 1. The minimum absolute atomic E-state index is 0.0557. The molecule has 2 rings (SSSR count). The molecule has 1 aliphatic rings. The topological polar surface area (TPSA) is 61.8 Å². The lowest BCUT2D eigenvalue weighted by Gasteiger charge is -2.05. The number of ketones is 1. The van der Waals surface area contributed by atoms with Gasteiger partial charge in [0, 0.05) is 12.0 Å². The first-order chi connectivity index (χ1) is 10.6. The average Bonchev–Trinajstić information content (AvgIpc) is 3.33. The van der Waals surface area contributed by atoms with E-state index in [1.54, 1.807) is 33.3 Å². The minimum Gasteiger partial charge on any atom is -0.497 e. The van der Waals surface area contributed by atoms with Gasteiger partial charge in [0.25, 0.3) is 0 Å². The summed E-state index contributed by atoms with van der Waals surface area (Å²) in [6.45, 7) is 2.10. The Hall–Kier alpha value is -2.30. The molecule has 0 N–H and O–H groups in total. The lowest BCUT2D eigenvalue weighted by molar-refractivity contribution is -0.145. The molecule has 0 bridgehead atoms. The van der Waals surface area contributed by atoms with Crippen LogP contribution in [0.2, 0.25) is 0 Å². The molecule has 1 saturated carbocycles. The summed E-state index contributed by atoms with van der Waals surface area (Å²) in [5, 5.41) is 0. The van der Waals surface area contributed by atoms with E-state index in [9.17, 15) is 9.59 Å². The summed E-state index contributed by atoms with van der Waals surface area (Å²) >= 11 is 0. The van der Waals surface area contributed by atoms with Gasteiger partial charge in [-0.1, -0.05) is 6.08 Å². The second-order valence-electron chi connectivity index (χ2n) is 5.08. The van der Waals surface area contributed by atoms with Crippen LogP contribution in [0.25, 0.3) is 6.08 Å². The molecule has 0 spiro atoms. The summed E-state index contributed by atoms with van der Waals surface area (Å²) in [5.74, 6) is 0.446. The first-order valence-corrected chi connectivity index (χ1v) is 7.20. The predicted molar refractivity (Wildman–Crippen MR) is 81.8 cm³/mol. The Bertz CT molecular complexity index is 568. The van der Waals surface area contributed by atoms with Crippen molar-refractivity contribution in [3.63, 3.8) is 0 Å². The number of methoxy groups -OCH3 is 2. The number of esters is 1. The second kappa shape index (κ2) is 7.11. The van der Waals surface area contributed by atoms with Crippen LogP contribution in [-0.4, -0.2) is 32.6 Å². The van der Waals surface area contributed by atoms with Crippen LogP contribution in [0.5, 0.6) is 11.5 Å². The van der Waals surface area contributed by atoms with Crippen LogP contribution in [0.4, 0.5) is 0 Å². The van der Waals surface area contributed by atoms with Gasteiger partial charge in [0.15, 0.2) is 5.78 Å². The Labute approximate surface area is 129 Å². The van der Waals surface area contributed by atoms with E-state index in [1.165, 1.54) is 6.08 Å². The number of hydrogen-bond acceptors (Lipinski definition) is 5. The Balaban J connectivity index is 2.00. The van der Waals surface area contributed by atoms with Crippen LogP contribution in [0.1, 0.15) is 18.9 Å². The molecule has 22 heavy (non-hydrogen) atoms. The van der Waals surface area contributed by atoms with Crippen LogP contribution in [0.3, 0.4) is 0 Å². The maximum absolute atomic E-state index is 12.0. The van der Waals surface area contributed by atoms with Crippen LogP contribution in [0.15, 0.2) is 24.3 Å². The summed E-state index contributed by atoms with van der Waals surface area (Å²) in [6.07, 6.45) is 3.77. The zero-order chi connectivity index (χ0) is 16.1. The molecule has 118 valence electrons. The van der Waals surface area contributed by atoms with Crippen molar-refractivity contribution in [3.8, 4) is 11.5 Å². The SMILES string of the molecule is CCOC(=O)[C@H]1C[C@@H]1C(=O)/C=C/c1cc(OC)cc(OC)c1. The van der Waals surface area contributed by atoms with Gasteiger partial charge in [-0.25, -0.2) is 0 Å². The normalized spacial score (nSPS) is 19.8. The summed E-state index contributed by atoms with van der Waals surface area (Å²) in [4.78, 5) is 23.6. The van der Waals surface area contributed by atoms with E-state index < -0.39 is 0 Å². The Morgan fingerprint density at radius 2 is 1.77 bits per heavy atom. The molecule has 5 heteroatoms. The van der Waals surface area contributed by atoms with E-state index in [2.05, 4.69) is 0 Å². The van der Waals surface area contributed by atoms with E-state index in [4.69, 9.17) is 14.2 Å². The third kappa shape index (κ3) is 3.87. The van der Waals surface area contributed by atoms with E-state index in [1.807, 2.05) is 12.1 Å². The van der Waals surface area contributed by atoms with Crippen molar-refractivity contribution >= 4 is 17.8 Å². The maximum atomic E-state index is 12.0. The molecule has 0 saturated heterocycles. The van der Waals surface area contributed by atoms with E-state index in [0.29, 0.717) is 24.5 Å². The largest absolute Gasteiger partial charge is 0.497 e. The van der Waals surface area contributed by atoms with Crippen LogP contribution in [0, 0.1) is 11.8 Å². The highest BCUT2D eigenvalue weighted by Crippen LogP contribution is 2.40. The van der Waals surface area contributed by atoms with Crippen molar-refractivity contribution in [1.29, 1.82) is 0 Å². The summed E-state index contributed by atoms with van der Waals surface area (Å²) in [7, 11) is 3.14. The fraction of sp³-hybridized carbons (Fsp3) is 0.412. The summed E-state index contributed by atoms with van der Waals surface area (Å²) < 4.78 is 15.3. The molecule has 0 aromatic heterocycles. The Morgan fingerprint density at radius 3 is 2.32 bits per heavy atom. The standard InChI is InChI=1S/C17H20O5/c1-4-22-17(19)15-10-14(15)16(18)6-5-11-7-12(20-2)9-13(8-11)21-3/h5-9,14-15H,4,10H2,1-3H3/b6-5+/t14-,15-/m0/s1. The molecule has 0 heterocycles. The van der Waals surface area contributed by atoms with Gasteiger partial charge in [-0.2, -0.15) is 0 Å². The number of rotatable bonds is 7. The lowest BCUT2D eigenvalue weighted by Crippen LogP contribution is -2.10. The predicted octanol–water partition coefficient (Wildman–Crippen LogP) is 2.49. The van der Waals surface area contributed by atoms with Crippen molar-refractivity contribution in [2.24, 2.45) is 11.8 Å². The van der Waals surface area contributed by atoms with Crippen molar-refractivity contribution in [2.75, 3.05) is 20.8 Å². The van der Waals surface area contributed by atoms with Crippen LogP contribution >= 0.6 is 0 Å². The zero-order valence-electron chi connectivity index (χ0n) is 13.0. The van der Waals surface area contributed by atoms with Gasteiger partial charge < -0.3 is 14.2 Å². The van der Waals surface area contributed by atoms with Crippen molar-refractivity contribution < 1.29 is 23.8 Å². The van der Waals surface area contributed by atoms with E-state index >= 15 is 0 Å². The molecule has 5 nitrogen and oxygen atoms in total. The molecule has 0 unspecified atom stereocenters. The summed E-state index contributed by atoms with van der Waals surface area (Å²) in [6, 6.07) is 5.38. The van der Waals surface area contributed by atoms with Gasteiger partial charge in [0.05, 0.1) is 26.7 Å². The molecule has 1 fully saturated rings. The van der Waals surface area contributed by atoms with Crippen LogP contribution < -0.4 is 9.47 Å². The van der Waals surface area contributed by atoms with Gasteiger partial charge in [-0.05, 0) is 37.1 Å². The highest BCUT2D eigenvalue weighted by Gasteiger charge is 2.47. The quantitative estimate of drug-likeness (QED) is 0.572. The Kier molecular flexibility index (Phi) is 5.20. The van der Waals surface area contributed by atoms with E-state index in [0.717, 1.165) is 5.56 Å². The van der Waals surface area contributed by atoms with Crippen molar-refractivity contribution in [1.82, 2.24) is 0 Å². The molecular formula is C17H20O5. The molecule has 0 radical (unpaired) electrons. The molecule has 1 aromatic rings. The number of ether oxygens (including phenoxy) is 3. The smallest absolute Gasteiger partial charge is 0.309 e. The van der Waals surface area contributed by atoms with Crippen LogP contribution in [-0.2, 0) is 14.3 Å². The van der Waals surface area contributed by atoms with Gasteiger partial charge in [-0.15, -0.1) is 0 Å². The third-order valence-electron chi connectivity index (χ3n) is 3.56. The highest BCUT2D eigenvalue weighted by molar-refractivity contribution is 6.00. The third-order valence-corrected chi connectivity index (χ3v) is 3.56. The first kappa shape index (κ1) is 16.1. The van der Waals surface area contributed by atoms with Gasteiger partial charge >= 0.3 is 5.97 Å².